The molecule has 0 aromatic heterocycles. The second-order valence-corrected chi connectivity index (χ2v) is 4.28. The molecule has 2 aromatic rings. The van der Waals surface area contributed by atoms with Crippen LogP contribution in [-0.4, -0.2) is 13.1 Å². The zero-order valence-electron chi connectivity index (χ0n) is 11.2. The molecule has 0 bridgehead atoms. The third-order valence-electron chi connectivity index (χ3n) is 2.83. The van der Waals surface area contributed by atoms with Gasteiger partial charge in [-0.25, -0.2) is 13.6 Å². The van der Waals surface area contributed by atoms with Crippen molar-refractivity contribution in [3.8, 4) is 5.75 Å². The highest BCUT2D eigenvalue weighted by atomic mass is 19.2. The number of esters is 1. The molecule has 21 heavy (non-hydrogen) atoms. The summed E-state index contributed by atoms with van der Waals surface area (Å²) in [4.78, 5) is 11.9. The molecule has 0 amide bonds. The van der Waals surface area contributed by atoms with E-state index in [2.05, 4.69) is 0 Å². The topological polar surface area (TPSA) is 61.5 Å². The second kappa shape index (κ2) is 6.21. The lowest BCUT2D eigenvalue weighted by Crippen LogP contribution is -2.08. The van der Waals surface area contributed by atoms with E-state index in [1.54, 1.807) is 6.07 Å². The SMILES string of the molecule is COc1ccc(N)c(C(=O)OCc2ccc(F)c(F)c2)c1. The molecule has 0 fully saturated rings. The number of halogens is 2. The lowest BCUT2D eigenvalue weighted by molar-refractivity contribution is 0.0473. The predicted octanol–water partition coefficient (Wildman–Crippen LogP) is 2.91. The Kier molecular flexibility index (Phi) is 4.37. The van der Waals surface area contributed by atoms with E-state index in [1.807, 2.05) is 0 Å². The molecule has 6 heteroatoms. The van der Waals surface area contributed by atoms with Crippen LogP contribution < -0.4 is 10.5 Å². The van der Waals surface area contributed by atoms with Gasteiger partial charge in [0, 0.05) is 5.69 Å². The summed E-state index contributed by atoms with van der Waals surface area (Å²) in [6.45, 7) is -0.188. The fraction of sp³-hybridized carbons (Fsp3) is 0.133. The molecule has 0 spiro atoms. The number of hydrogen-bond acceptors (Lipinski definition) is 4. The summed E-state index contributed by atoms with van der Waals surface area (Å²) < 4.78 is 35.8. The molecule has 0 unspecified atom stereocenters. The summed E-state index contributed by atoms with van der Waals surface area (Å²) in [5, 5.41) is 0. The van der Waals surface area contributed by atoms with Gasteiger partial charge in [-0.15, -0.1) is 0 Å². The minimum atomic E-state index is -0.996. The van der Waals surface area contributed by atoms with E-state index in [0.29, 0.717) is 11.3 Å². The lowest BCUT2D eigenvalue weighted by Gasteiger charge is -2.09. The molecule has 0 atom stereocenters. The van der Waals surface area contributed by atoms with Crippen LogP contribution in [0.3, 0.4) is 0 Å². The summed E-state index contributed by atoms with van der Waals surface area (Å²) in [5.74, 6) is -2.16. The van der Waals surface area contributed by atoms with Gasteiger partial charge in [0.15, 0.2) is 11.6 Å². The van der Waals surface area contributed by atoms with Gasteiger partial charge in [-0.3, -0.25) is 0 Å². The average Bonchev–Trinajstić information content (AvgIpc) is 2.48. The molecule has 0 aliphatic heterocycles. The maximum atomic E-state index is 13.0. The van der Waals surface area contributed by atoms with Crippen molar-refractivity contribution in [3.05, 3.63) is 59.2 Å². The number of carbonyl (C=O) groups is 1. The Hall–Kier alpha value is -2.63. The van der Waals surface area contributed by atoms with Gasteiger partial charge >= 0.3 is 5.97 Å². The highest BCUT2D eigenvalue weighted by Crippen LogP contribution is 2.21. The molecule has 2 N–H and O–H groups in total. The Morgan fingerprint density at radius 2 is 1.90 bits per heavy atom. The van der Waals surface area contributed by atoms with Crippen LogP contribution in [0.5, 0.6) is 5.75 Å². The molecule has 2 aromatic carbocycles. The number of nitrogens with two attached hydrogens (primary N) is 1. The lowest BCUT2D eigenvalue weighted by atomic mass is 10.1. The van der Waals surface area contributed by atoms with Gasteiger partial charge < -0.3 is 15.2 Å². The summed E-state index contributed by atoms with van der Waals surface area (Å²) >= 11 is 0. The van der Waals surface area contributed by atoms with Gasteiger partial charge in [-0.05, 0) is 35.9 Å². The van der Waals surface area contributed by atoms with Crippen molar-refractivity contribution in [3.63, 3.8) is 0 Å². The van der Waals surface area contributed by atoms with Gasteiger partial charge in [-0.1, -0.05) is 6.07 Å². The first-order valence-corrected chi connectivity index (χ1v) is 6.06. The smallest absolute Gasteiger partial charge is 0.340 e. The van der Waals surface area contributed by atoms with Crippen LogP contribution in [0.25, 0.3) is 0 Å². The van der Waals surface area contributed by atoms with Crippen molar-refractivity contribution < 1.29 is 23.0 Å². The summed E-state index contributed by atoms with van der Waals surface area (Å²) in [6.07, 6.45) is 0. The maximum absolute atomic E-state index is 13.0. The highest BCUT2D eigenvalue weighted by molar-refractivity contribution is 5.95. The monoisotopic (exact) mass is 293 g/mol. The Morgan fingerprint density at radius 3 is 2.57 bits per heavy atom. The molecule has 0 aliphatic carbocycles. The summed E-state index contributed by atoms with van der Waals surface area (Å²) in [5.41, 5.74) is 6.42. The van der Waals surface area contributed by atoms with Crippen molar-refractivity contribution in [1.29, 1.82) is 0 Å². The number of anilines is 1. The van der Waals surface area contributed by atoms with Crippen molar-refractivity contribution in [2.45, 2.75) is 6.61 Å². The normalized spacial score (nSPS) is 10.2. The molecule has 110 valence electrons. The second-order valence-electron chi connectivity index (χ2n) is 4.28. The number of benzene rings is 2. The van der Waals surface area contributed by atoms with Gasteiger partial charge in [0.2, 0.25) is 0 Å². The van der Waals surface area contributed by atoms with Crippen LogP contribution in [0.1, 0.15) is 15.9 Å². The van der Waals surface area contributed by atoms with Crippen LogP contribution in [0.15, 0.2) is 36.4 Å². The number of hydrogen-bond donors (Lipinski definition) is 1. The molecular formula is C15H13F2NO3. The van der Waals surface area contributed by atoms with Crippen molar-refractivity contribution in [2.24, 2.45) is 0 Å². The Bertz CT molecular complexity index is 674. The summed E-state index contributed by atoms with van der Waals surface area (Å²) in [7, 11) is 1.46. The minimum absolute atomic E-state index is 0.150. The first-order chi connectivity index (χ1) is 10.0. The highest BCUT2D eigenvalue weighted by Gasteiger charge is 2.13. The molecule has 0 aliphatic rings. The third kappa shape index (κ3) is 3.47. The van der Waals surface area contributed by atoms with E-state index in [4.69, 9.17) is 15.2 Å². The number of ether oxygens (including phenoxy) is 2. The molecule has 0 radical (unpaired) electrons. The molecule has 0 heterocycles. The van der Waals surface area contributed by atoms with Gasteiger partial charge in [0.25, 0.3) is 0 Å². The number of carbonyl (C=O) groups excluding carboxylic acids is 1. The van der Waals surface area contributed by atoms with E-state index in [1.165, 1.54) is 25.3 Å². The first-order valence-electron chi connectivity index (χ1n) is 6.06. The van der Waals surface area contributed by atoms with E-state index in [0.717, 1.165) is 12.1 Å². The fourth-order valence-corrected chi connectivity index (χ4v) is 1.70. The van der Waals surface area contributed by atoms with Crippen molar-refractivity contribution >= 4 is 11.7 Å². The van der Waals surface area contributed by atoms with Crippen molar-refractivity contribution in [1.82, 2.24) is 0 Å². The van der Waals surface area contributed by atoms with E-state index >= 15 is 0 Å². The largest absolute Gasteiger partial charge is 0.497 e. The zero-order chi connectivity index (χ0) is 15.4. The number of nitrogen functional groups attached to an aromatic ring is 1. The van der Waals surface area contributed by atoms with E-state index in [9.17, 15) is 13.6 Å². The zero-order valence-corrected chi connectivity index (χ0v) is 11.2. The molecule has 0 saturated heterocycles. The van der Waals surface area contributed by atoms with Crippen LogP contribution in [0, 0.1) is 11.6 Å². The van der Waals surface area contributed by atoms with Gasteiger partial charge in [0.1, 0.15) is 12.4 Å². The van der Waals surface area contributed by atoms with Crippen LogP contribution in [-0.2, 0) is 11.3 Å². The number of rotatable bonds is 4. The minimum Gasteiger partial charge on any atom is -0.497 e. The predicted molar refractivity (Wildman–Crippen MR) is 72.9 cm³/mol. The molecule has 2 rings (SSSR count). The maximum Gasteiger partial charge on any atom is 0.340 e. The molecule has 0 saturated carbocycles. The van der Waals surface area contributed by atoms with Gasteiger partial charge in [-0.2, -0.15) is 0 Å². The average molecular weight is 293 g/mol. The van der Waals surface area contributed by atoms with Crippen LogP contribution in [0.2, 0.25) is 0 Å². The Morgan fingerprint density at radius 1 is 1.14 bits per heavy atom. The third-order valence-corrected chi connectivity index (χ3v) is 2.83. The van der Waals surface area contributed by atoms with E-state index in [-0.39, 0.29) is 17.9 Å². The number of methoxy groups -OCH3 is 1. The Balaban J connectivity index is 2.09. The standard InChI is InChI=1S/C15H13F2NO3/c1-20-10-3-5-14(18)11(7-10)15(19)21-8-9-2-4-12(16)13(17)6-9/h2-7H,8,18H2,1H3. The first kappa shape index (κ1) is 14.8. The van der Waals surface area contributed by atoms with Crippen molar-refractivity contribution in [2.75, 3.05) is 12.8 Å². The van der Waals surface area contributed by atoms with Gasteiger partial charge in [0.05, 0.1) is 12.7 Å². The summed E-state index contributed by atoms with van der Waals surface area (Å²) in [6, 6.07) is 7.86. The fourth-order valence-electron chi connectivity index (χ4n) is 1.70. The molecule has 4 nitrogen and oxygen atoms in total. The molecular weight excluding hydrogens is 280 g/mol. The Labute approximate surface area is 120 Å². The van der Waals surface area contributed by atoms with E-state index < -0.39 is 17.6 Å². The van der Waals surface area contributed by atoms with Crippen LogP contribution >= 0.6 is 0 Å². The quantitative estimate of drug-likeness (QED) is 0.695. The van der Waals surface area contributed by atoms with Crippen LogP contribution in [0.4, 0.5) is 14.5 Å².